The highest BCUT2D eigenvalue weighted by Gasteiger charge is 2.57. The average Bonchev–Trinajstić information content (AvgIpc) is 2.88. The molecule has 8 heteroatoms. The van der Waals surface area contributed by atoms with Crippen LogP contribution in [0.5, 0.6) is 0 Å². The van der Waals surface area contributed by atoms with E-state index in [0.29, 0.717) is 44.8 Å². The number of aryl methyl sites for hydroxylation is 1. The Morgan fingerprint density at radius 2 is 1.82 bits per heavy atom. The summed E-state index contributed by atoms with van der Waals surface area (Å²) < 4.78 is 0. The van der Waals surface area contributed by atoms with E-state index in [9.17, 15) is 9.59 Å². The molecule has 28 heavy (non-hydrogen) atoms. The molecule has 0 saturated carbocycles. The number of anilines is 1. The molecule has 2 aliphatic heterocycles. The predicted octanol–water partition coefficient (Wildman–Crippen LogP) is 1.68. The van der Waals surface area contributed by atoms with E-state index in [0.717, 1.165) is 12.0 Å². The van der Waals surface area contributed by atoms with Crippen LogP contribution in [0.1, 0.15) is 45.6 Å². The predicted molar refractivity (Wildman–Crippen MR) is 106 cm³/mol. The molecule has 0 unspecified atom stereocenters. The summed E-state index contributed by atoms with van der Waals surface area (Å²) in [7, 11) is 0. The second-order valence-corrected chi connectivity index (χ2v) is 8.08. The number of hydrogen-bond donors (Lipinski definition) is 1. The van der Waals surface area contributed by atoms with Crippen LogP contribution in [0.2, 0.25) is 0 Å². The molecule has 2 fully saturated rings. The van der Waals surface area contributed by atoms with Gasteiger partial charge in [0.25, 0.3) is 5.91 Å². The van der Waals surface area contributed by atoms with Gasteiger partial charge in [-0.05, 0) is 37.2 Å². The number of rotatable bonds is 7. The number of carbonyl (C=O) groups is 2. The highest BCUT2D eigenvalue weighted by atomic mass is 16.3. The van der Waals surface area contributed by atoms with Gasteiger partial charge in [-0.1, -0.05) is 20.8 Å². The number of aliphatic hydroxyl groups excluding tert-OH is 1. The number of piperidine rings is 1. The number of imide groups is 1. The molecule has 0 aliphatic carbocycles. The molecule has 1 aromatic rings. The van der Waals surface area contributed by atoms with Gasteiger partial charge in [0.1, 0.15) is 5.54 Å². The minimum absolute atomic E-state index is 0.0346. The average molecular weight is 390 g/mol. The molecule has 2 saturated heterocycles. The van der Waals surface area contributed by atoms with Crippen LogP contribution in [-0.2, 0) is 11.2 Å². The lowest BCUT2D eigenvalue weighted by Gasteiger charge is -2.42. The van der Waals surface area contributed by atoms with Gasteiger partial charge in [0.15, 0.2) is 0 Å². The Bertz CT molecular complexity index is 698. The van der Waals surface area contributed by atoms with E-state index in [1.165, 1.54) is 4.90 Å². The molecular weight excluding hydrogens is 358 g/mol. The Morgan fingerprint density at radius 3 is 2.36 bits per heavy atom. The SMILES string of the molecule is CCc1cnc(N2CCC3(CC2)C(=O)N(CCCO)C(=O)N3CC(C)C)nc1. The van der Waals surface area contributed by atoms with Gasteiger partial charge in [0.05, 0.1) is 0 Å². The zero-order valence-corrected chi connectivity index (χ0v) is 17.1. The van der Waals surface area contributed by atoms with Crippen LogP contribution in [-0.4, -0.2) is 75.1 Å². The minimum Gasteiger partial charge on any atom is -0.396 e. The summed E-state index contributed by atoms with van der Waals surface area (Å²) in [5.41, 5.74) is 0.313. The van der Waals surface area contributed by atoms with Crippen molar-refractivity contribution in [3.05, 3.63) is 18.0 Å². The first-order valence-corrected chi connectivity index (χ1v) is 10.2. The number of carbonyl (C=O) groups excluding carboxylic acids is 2. The number of hydrogen-bond acceptors (Lipinski definition) is 6. The highest BCUT2D eigenvalue weighted by molar-refractivity contribution is 6.07. The van der Waals surface area contributed by atoms with E-state index in [-0.39, 0.29) is 31.0 Å². The summed E-state index contributed by atoms with van der Waals surface area (Å²) in [5.74, 6) is 0.833. The van der Waals surface area contributed by atoms with Crippen LogP contribution in [0.25, 0.3) is 0 Å². The monoisotopic (exact) mass is 389 g/mol. The highest BCUT2D eigenvalue weighted by Crippen LogP contribution is 2.38. The standard InChI is InChI=1S/C20H31N5O3/c1-4-16-12-21-18(22-13-16)23-9-6-20(7-10-23)17(27)24(8-5-11-26)19(28)25(20)14-15(2)3/h12-13,15,26H,4-11,14H2,1-3H3. The molecule has 0 aromatic carbocycles. The summed E-state index contributed by atoms with van der Waals surface area (Å²) in [6.07, 6.45) is 6.13. The molecule has 3 amide bonds. The molecule has 3 heterocycles. The van der Waals surface area contributed by atoms with Crippen molar-refractivity contribution in [2.75, 3.05) is 37.7 Å². The molecule has 1 aromatic heterocycles. The molecule has 0 radical (unpaired) electrons. The first-order chi connectivity index (χ1) is 13.4. The third-order valence-corrected chi connectivity index (χ3v) is 5.68. The van der Waals surface area contributed by atoms with Crippen molar-refractivity contribution < 1.29 is 14.7 Å². The molecule has 1 N–H and O–H groups in total. The molecule has 3 rings (SSSR count). The van der Waals surface area contributed by atoms with Crippen LogP contribution in [0.15, 0.2) is 12.4 Å². The van der Waals surface area contributed by atoms with E-state index >= 15 is 0 Å². The van der Waals surface area contributed by atoms with Crippen molar-refractivity contribution in [1.82, 2.24) is 19.8 Å². The minimum atomic E-state index is -0.781. The van der Waals surface area contributed by atoms with Crippen molar-refractivity contribution in [3.8, 4) is 0 Å². The Balaban J connectivity index is 1.78. The molecule has 1 spiro atoms. The quantitative estimate of drug-likeness (QED) is 0.714. The van der Waals surface area contributed by atoms with Gasteiger partial charge in [0.2, 0.25) is 5.95 Å². The van der Waals surface area contributed by atoms with Gasteiger partial charge in [-0.25, -0.2) is 14.8 Å². The van der Waals surface area contributed by atoms with Crippen LogP contribution >= 0.6 is 0 Å². The molecule has 154 valence electrons. The van der Waals surface area contributed by atoms with Crippen molar-refractivity contribution in [2.24, 2.45) is 5.92 Å². The second kappa shape index (κ2) is 8.43. The first-order valence-electron chi connectivity index (χ1n) is 10.2. The van der Waals surface area contributed by atoms with Crippen LogP contribution in [0.4, 0.5) is 10.7 Å². The first kappa shape index (κ1) is 20.5. The Hall–Kier alpha value is -2.22. The van der Waals surface area contributed by atoms with Crippen molar-refractivity contribution >= 4 is 17.9 Å². The maximum atomic E-state index is 13.2. The van der Waals surface area contributed by atoms with Crippen molar-refractivity contribution in [3.63, 3.8) is 0 Å². The fraction of sp³-hybridized carbons (Fsp3) is 0.700. The van der Waals surface area contributed by atoms with Crippen molar-refractivity contribution in [1.29, 1.82) is 0 Å². The maximum absolute atomic E-state index is 13.2. The number of aromatic nitrogens is 2. The third-order valence-electron chi connectivity index (χ3n) is 5.68. The normalized spacial score (nSPS) is 19.4. The summed E-state index contributed by atoms with van der Waals surface area (Å²) in [4.78, 5) is 40.3. The van der Waals surface area contributed by atoms with Crippen LogP contribution < -0.4 is 4.90 Å². The maximum Gasteiger partial charge on any atom is 0.327 e. The third kappa shape index (κ3) is 3.70. The Kier molecular flexibility index (Phi) is 6.17. The Morgan fingerprint density at radius 1 is 1.18 bits per heavy atom. The summed E-state index contributed by atoms with van der Waals surface area (Å²) in [5, 5.41) is 9.13. The molecular formula is C20H31N5O3. The smallest absolute Gasteiger partial charge is 0.327 e. The lowest BCUT2D eigenvalue weighted by atomic mass is 9.85. The van der Waals surface area contributed by atoms with Gasteiger partial charge in [-0.15, -0.1) is 0 Å². The summed E-state index contributed by atoms with van der Waals surface area (Å²) >= 11 is 0. The number of amides is 3. The fourth-order valence-corrected chi connectivity index (χ4v) is 4.08. The van der Waals surface area contributed by atoms with Crippen molar-refractivity contribution in [2.45, 2.75) is 52.0 Å². The summed E-state index contributed by atoms with van der Waals surface area (Å²) in [6.45, 7) is 8.24. The molecule has 2 aliphatic rings. The zero-order valence-electron chi connectivity index (χ0n) is 17.1. The fourth-order valence-electron chi connectivity index (χ4n) is 4.08. The topological polar surface area (TPSA) is 89.9 Å². The van der Waals surface area contributed by atoms with Gasteiger partial charge < -0.3 is 14.9 Å². The van der Waals surface area contributed by atoms with Gasteiger partial charge in [-0.2, -0.15) is 0 Å². The van der Waals surface area contributed by atoms with E-state index < -0.39 is 5.54 Å². The zero-order chi connectivity index (χ0) is 20.3. The number of aliphatic hydroxyl groups is 1. The van der Waals surface area contributed by atoms with E-state index in [2.05, 4.69) is 35.6 Å². The largest absolute Gasteiger partial charge is 0.396 e. The van der Waals surface area contributed by atoms with E-state index in [1.54, 1.807) is 4.90 Å². The second-order valence-electron chi connectivity index (χ2n) is 8.08. The van der Waals surface area contributed by atoms with Crippen LogP contribution in [0, 0.1) is 5.92 Å². The summed E-state index contributed by atoms with van der Waals surface area (Å²) in [6, 6.07) is -0.218. The lowest BCUT2D eigenvalue weighted by Crippen LogP contribution is -2.57. The van der Waals surface area contributed by atoms with Crippen LogP contribution in [0.3, 0.4) is 0 Å². The molecule has 0 bridgehead atoms. The number of nitrogens with zero attached hydrogens (tertiary/aromatic N) is 5. The lowest BCUT2D eigenvalue weighted by molar-refractivity contribution is -0.134. The molecule has 8 nitrogen and oxygen atoms in total. The Labute approximate surface area is 166 Å². The van der Waals surface area contributed by atoms with E-state index in [1.807, 2.05) is 12.4 Å². The van der Waals surface area contributed by atoms with E-state index in [4.69, 9.17) is 5.11 Å². The van der Waals surface area contributed by atoms with Gasteiger partial charge in [0, 0.05) is 45.2 Å². The van der Waals surface area contributed by atoms with Gasteiger partial charge in [-0.3, -0.25) is 9.69 Å². The molecule has 0 atom stereocenters. The number of urea groups is 1. The van der Waals surface area contributed by atoms with Gasteiger partial charge >= 0.3 is 6.03 Å².